The largest absolute Gasteiger partial charge is 0.308 e. The molecule has 0 radical (unpaired) electrons. The summed E-state index contributed by atoms with van der Waals surface area (Å²) in [5.41, 5.74) is 0.620. The molecule has 17 heavy (non-hydrogen) atoms. The van der Waals surface area contributed by atoms with Crippen molar-refractivity contribution in [3.63, 3.8) is 0 Å². The number of aromatic amines is 1. The number of aromatic nitrogens is 2. The number of nitrogens with one attached hydrogen (secondary N) is 1. The zero-order valence-electron chi connectivity index (χ0n) is 9.53. The van der Waals surface area contributed by atoms with Crippen LogP contribution in [-0.4, -0.2) is 9.97 Å². The molecule has 1 aromatic heterocycles. The number of nitrogens with zero attached hydrogens (tertiary/aromatic N) is 1. The lowest BCUT2D eigenvalue weighted by Crippen LogP contribution is -2.17. The van der Waals surface area contributed by atoms with Gasteiger partial charge in [-0.3, -0.25) is 4.79 Å². The van der Waals surface area contributed by atoms with Crippen molar-refractivity contribution in [1.29, 1.82) is 0 Å². The predicted octanol–water partition coefficient (Wildman–Crippen LogP) is 2.00. The third-order valence-electron chi connectivity index (χ3n) is 2.57. The van der Waals surface area contributed by atoms with Crippen molar-refractivity contribution in [2.45, 2.75) is 19.8 Å². The Kier molecular flexibility index (Phi) is 3.32. The molecule has 0 bridgehead atoms. The van der Waals surface area contributed by atoms with Crippen LogP contribution in [0.25, 0.3) is 0 Å². The van der Waals surface area contributed by atoms with Crippen LogP contribution in [0.2, 0.25) is 0 Å². The van der Waals surface area contributed by atoms with Gasteiger partial charge in [0.25, 0.3) is 5.56 Å². The lowest BCUT2D eigenvalue weighted by molar-refractivity contribution is 0.581. The Hall–Kier alpha value is -1.97. The third-order valence-corrected chi connectivity index (χ3v) is 2.57. The highest BCUT2D eigenvalue weighted by Crippen LogP contribution is 2.04. The second-order valence-electron chi connectivity index (χ2n) is 3.90. The fourth-order valence-electron chi connectivity index (χ4n) is 1.66. The monoisotopic (exact) mass is 232 g/mol. The summed E-state index contributed by atoms with van der Waals surface area (Å²) >= 11 is 0. The Morgan fingerprint density at radius 1 is 1.24 bits per heavy atom. The molecule has 1 heterocycles. The third kappa shape index (κ3) is 2.78. The molecule has 0 aliphatic rings. The van der Waals surface area contributed by atoms with Gasteiger partial charge >= 0.3 is 0 Å². The number of rotatable bonds is 3. The molecule has 0 fully saturated rings. The summed E-state index contributed by atoms with van der Waals surface area (Å²) in [6.45, 7) is 1.50. The fourth-order valence-corrected chi connectivity index (χ4v) is 1.66. The number of hydrogen-bond donors (Lipinski definition) is 1. The van der Waals surface area contributed by atoms with Crippen LogP contribution in [-0.2, 0) is 12.8 Å². The van der Waals surface area contributed by atoms with E-state index in [2.05, 4.69) is 9.97 Å². The van der Waals surface area contributed by atoms with Gasteiger partial charge in [-0.15, -0.1) is 0 Å². The minimum Gasteiger partial charge on any atom is -0.308 e. The van der Waals surface area contributed by atoms with Gasteiger partial charge in [0.2, 0.25) is 5.82 Å². The van der Waals surface area contributed by atoms with E-state index in [4.69, 9.17) is 0 Å². The van der Waals surface area contributed by atoms with E-state index in [0.717, 1.165) is 12.0 Å². The van der Waals surface area contributed by atoms with Crippen LogP contribution in [0.15, 0.2) is 35.1 Å². The topological polar surface area (TPSA) is 45.8 Å². The number of hydrogen-bond acceptors (Lipinski definition) is 2. The Morgan fingerprint density at radius 3 is 2.59 bits per heavy atom. The maximum Gasteiger partial charge on any atom is 0.287 e. The summed E-state index contributed by atoms with van der Waals surface area (Å²) in [6, 6.07) is 9.89. The maximum atomic E-state index is 13.1. The SMILES string of the molecule is Cc1nc(CCc2ccccc2)[nH]c(=O)c1F. The maximum absolute atomic E-state index is 13.1. The molecule has 0 atom stereocenters. The van der Waals surface area contributed by atoms with Gasteiger partial charge in [-0.1, -0.05) is 30.3 Å². The highest BCUT2D eigenvalue weighted by atomic mass is 19.1. The molecule has 1 aromatic carbocycles. The van der Waals surface area contributed by atoms with E-state index >= 15 is 0 Å². The molecule has 0 aliphatic carbocycles. The van der Waals surface area contributed by atoms with Gasteiger partial charge in [0.05, 0.1) is 5.69 Å². The fraction of sp³-hybridized carbons (Fsp3) is 0.231. The average molecular weight is 232 g/mol. The van der Waals surface area contributed by atoms with Crippen LogP contribution in [0, 0.1) is 12.7 Å². The predicted molar refractivity (Wildman–Crippen MR) is 63.4 cm³/mol. The van der Waals surface area contributed by atoms with Crippen molar-refractivity contribution in [2.75, 3.05) is 0 Å². The normalized spacial score (nSPS) is 10.5. The molecule has 0 aliphatic heterocycles. The molecule has 0 unspecified atom stereocenters. The van der Waals surface area contributed by atoms with Gasteiger partial charge in [0.1, 0.15) is 5.82 Å². The smallest absolute Gasteiger partial charge is 0.287 e. The summed E-state index contributed by atoms with van der Waals surface area (Å²) in [5, 5.41) is 0. The van der Waals surface area contributed by atoms with E-state index in [0.29, 0.717) is 12.2 Å². The molecule has 2 rings (SSSR count). The first-order valence-electron chi connectivity index (χ1n) is 5.46. The molecule has 4 heteroatoms. The summed E-state index contributed by atoms with van der Waals surface area (Å²) in [4.78, 5) is 17.7. The molecular formula is C13H13FN2O. The highest BCUT2D eigenvalue weighted by molar-refractivity contribution is 5.15. The standard InChI is InChI=1S/C13H13FN2O/c1-9-12(14)13(17)16-11(15-9)8-7-10-5-3-2-4-6-10/h2-6H,7-8H2,1H3,(H,15,16,17). The van der Waals surface area contributed by atoms with Crippen LogP contribution in [0.4, 0.5) is 4.39 Å². The molecule has 88 valence electrons. The first kappa shape index (κ1) is 11.5. The molecule has 0 saturated heterocycles. The van der Waals surface area contributed by atoms with Crippen LogP contribution in [0.3, 0.4) is 0 Å². The Bertz CT molecular complexity index is 563. The van der Waals surface area contributed by atoms with Crippen LogP contribution >= 0.6 is 0 Å². The second-order valence-corrected chi connectivity index (χ2v) is 3.90. The Balaban J connectivity index is 2.13. The lowest BCUT2D eigenvalue weighted by Gasteiger charge is -2.03. The van der Waals surface area contributed by atoms with Gasteiger partial charge in [-0.2, -0.15) is 4.39 Å². The molecule has 0 amide bonds. The number of H-pyrrole nitrogens is 1. The number of benzene rings is 1. The quantitative estimate of drug-likeness (QED) is 0.879. The molecular weight excluding hydrogens is 219 g/mol. The molecule has 2 aromatic rings. The second kappa shape index (κ2) is 4.91. The summed E-state index contributed by atoms with van der Waals surface area (Å²) in [5.74, 6) is -0.272. The zero-order valence-corrected chi connectivity index (χ0v) is 9.53. The first-order valence-corrected chi connectivity index (χ1v) is 5.46. The summed E-state index contributed by atoms with van der Waals surface area (Å²) in [6.07, 6.45) is 1.37. The van der Waals surface area contributed by atoms with E-state index < -0.39 is 11.4 Å². The van der Waals surface area contributed by atoms with Crippen molar-refractivity contribution < 1.29 is 4.39 Å². The van der Waals surface area contributed by atoms with E-state index in [1.54, 1.807) is 0 Å². The van der Waals surface area contributed by atoms with Crippen molar-refractivity contribution in [1.82, 2.24) is 9.97 Å². The van der Waals surface area contributed by atoms with Crippen molar-refractivity contribution >= 4 is 0 Å². The van der Waals surface area contributed by atoms with Gasteiger partial charge < -0.3 is 4.98 Å². The molecule has 0 saturated carbocycles. The molecule has 1 N–H and O–H groups in total. The van der Waals surface area contributed by atoms with E-state index in [-0.39, 0.29) is 5.69 Å². The van der Waals surface area contributed by atoms with Crippen molar-refractivity contribution in [3.8, 4) is 0 Å². The van der Waals surface area contributed by atoms with Gasteiger partial charge in [-0.05, 0) is 18.9 Å². The van der Waals surface area contributed by atoms with E-state index in [1.165, 1.54) is 6.92 Å². The summed E-state index contributed by atoms with van der Waals surface area (Å²) in [7, 11) is 0. The average Bonchev–Trinajstić information content (AvgIpc) is 2.34. The van der Waals surface area contributed by atoms with E-state index in [9.17, 15) is 9.18 Å². The number of aryl methyl sites for hydroxylation is 3. The van der Waals surface area contributed by atoms with Crippen molar-refractivity contribution in [3.05, 3.63) is 63.6 Å². The molecule has 3 nitrogen and oxygen atoms in total. The minimum absolute atomic E-state index is 0.150. The van der Waals surface area contributed by atoms with Crippen LogP contribution in [0.1, 0.15) is 17.1 Å². The van der Waals surface area contributed by atoms with Gasteiger partial charge in [0.15, 0.2) is 0 Å². The van der Waals surface area contributed by atoms with Gasteiger partial charge in [-0.25, -0.2) is 4.98 Å². The Morgan fingerprint density at radius 2 is 1.94 bits per heavy atom. The van der Waals surface area contributed by atoms with Crippen LogP contribution < -0.4 is 5.56 Å². The lowest BCUT2D eigenvalue weighted by atomic mass is 10.1. The minimum atomic E-state index is -0.798. The van der Waals surface area contributed by atoms with Gasteiger partial charge in [0, 0.05) is 6.42 Å². The highest BCUT2D eigenvalue weighted by Gasteiger charge is 2.06. The first-order chi connectivity index (χ1) is 8.16. The number of halogens is 1. The van der Waals surface area contributed by atoms with Crippen molar-refractivity contribution in [2.24, 2.45) is 0 Å². The Labute approximate surface area is 98.3 Å². The van der Waals surface area contributed by atoms with E-state index in [1.807, 2.05) is 30.3 Å². The van der Waals surface area contributed by atoms with Crippen LogP contribution in [0.5, 0.6) is 0 Å². The summed E-state index contributed by atoms with van der Waals surface area (Å²) < 4.78 is 13.1. The zero-order chi connectivity index (χ0) is 12.3. The molecule has 0 spiro atoms.